The number of nitrogens with zero attached hydrogens (tertiary/aromatic N) is 1. The van der Waals surface area contributed by atoms with E-state index in [9.17, 15) is 9.18 Å². The Balaban J connectivity index is 2.52. The Hall–Kier alpha value is -0.680. The average Bonchev–Trinajstić information content (AvgIpc) is 2.33. The van der Waals surface area contributed by atoms with Gasteiger partial charge in [-0.05, 0) is 41.4 Å². The Morgan fingerprint density at radius 1 is 1.50 bits per heavy atom. The second-order valence-corrected chi connectivity index (χ2v) is 5.93. The minimum Gasteiger partial charge on any atom is -0.311 e. The standard InChI is InChI=1S/C13H12Br2FNO/c1-2-17-11(7-6-9(15)13(17)18)12-8(14)4-3-5-10(12)16/h3-5,7,9H,2,6H2,1H3. The molecule has 0 radical (unpaired) electrons. The summed E-state index contributed by atoms with van der Waals surface area (Å²) in [7, 11) is 0. The summed E-state index contributed by atoms with van der Waals surface area (Å²) in [6.07, 6.45) is 2.47. The molecule has 96 valence electrons. The van der Waals surface area contributed by atoms with Crippen LogP contribution in [0.4, 0.5) is 4.39 Å². The first kappa shape index (κ1) is 13.7. The molecule has 0 N–H and O–H groups in total. The summed E-state index contributed by atoms with van der Waals surface area (Å²) >= 11 is 6.67. The van der Waals surface area contributed by atoms with Gasteiger partial charge < -0.3 is 4.90 Å². The highest BCUT2D eigenvalue weighted by atomic mass is 79.9. The molecule has 0 spiro atoms. The highest BCUT2D eigenvalue weighted by molar-refractivity contribution is 9.10. The Morgan fingerprint density at radius 3 is 2.83 bits per heavy atom. The molecule has 0 saturated carbocycles. The third-order valence-corrected chi connectivity index (χ3v) is 4.30. The Kier molecular flexibility index (Phi) is 4.22. The molecule has 0 aliphatic carbocycles. The van der Waals surface area contributed by atoms with E-state index in [2.05, 4.69) is 31.9 Å². The zero-order valence-electron chi connectivity index (χ0n) is 9.79. The quantitative estimate of drug-likeness (QED) is 0.716. The fraction of sp³-hybridized carbons (Fsp3) is 0.308. The number of benzene rings is 1. The minimum atomic E-state index is -0.324. The van der Waals surface area contributed by atoms with Gasteiger partial charge in [0, 0.05) is 16.6 Å². The van der Waals surface area contributed by atoms with Crippen molar-refractivity contribution >= 4 is 43.5 Å². The molecular formula is C13H12Br2FNO. The first-order valence-electron chi connectivity index (χ1n) is 5.66. The molecule has 0 aromatic heterocycles. The first-order chi connectivity index (χ1) is 8.56. The van der Waals surface area contributed by atoms with E-state index in [0.29, 0.717) is 28.7 Å². The molecule has 1 heterocycles. The van der Waals surface area contributed by atoms with Gasteiger partial charge in [-0.3, -0.25) is 4.79 Å². The molecule has 18 heavy (non-hydrogen) atoms. The number of carbonyl (C=O) groups excluding carboxylic acids is 1. The molecule has 1 aromatic carbocycles. The molecule has 1 aliphatic heterocycles. The smallest absolute Gasteiger partial charge is 0.241 e. The molecule has 1 unspecified atom stereocenters. The molecule has 1 aromatic rings. The maximum absolute atomic E-state index is 13.9. The third kappa shape index (κ3) is 2.38. The third-order valence-electron chi connectivity index (χ3n) is 2.88. The van der Waals surface area contributed by atoms with Gasteiger partial charge in [-0.2, -0.15) is 0 Å². The van der Waals surface area contributed by atoms with Crippen LogP contribution in [0.2, 0.25) is 0 Å². The van der Waals surface area contributed by atoms with Crippen LogP contribution in [0.15, 0.2) is 28.7 Å². The number of amides is 1. The maximum atomic E-state index is 13.9. The van der Waals surface area contributed by atoms with Gasteiger partial charge in [0.1, 0.15) is 5.82 Å². The highest BCUT2D eigenvalue weighted by Gasteiger charge is 2.30. The summed E-state index contributed by atoms with van der Waals surface area (Å²) in [4.78, 5) is 13.5. The van der Waals surface area contributed by atoms with Gasteiger partial charge in [0.05, 0.1) is 10.5 Å². The van der Waals surface area contributed by atoms with Gasteiger partial charge in [-0.15, -0.1) is 0 Å². The van der Waals surface area contributed by atoms with Crippen LogP contribution in [0.25, 0.3) is 5.70 Å². The minimum absolute atomic E-state index is 0.0230. The number of hydrogen-bond donors (Lipinski definition) is 0. The van der Waals surface area contributed by atoms with E-state index in [0.717, 1.165) is 0 Å². The summed E-state index contributed by atoms with van der Waals surface area (Å²) in [5.41, 5.74) is 1.09. The predicted molar refractivity (Wildman–Crippen MR) is 76.8 cm³/mol. The van der Waals surface area contributed by atoms with Crippen molar-refractivity contribution in [1.29, 1.82) is 0 Å². The van der Waals surface area contributed by atoms with Crippen molar-refractivity contribution in [2.75, 3.05) is 6.54 Å². The SMILES string of the molecule is CCN1C(=O)C(Br)CC=C1c1c(F)cccc1Br. The molecule has 0 fully saturated rings. The van der Waals surface area contributed by atoms with E-state index in [1.165, 1.54) is 6.07 Å². The lowest BCUT2D eigenvalue weighted by atomic mass is 10.0. The predicted octanol–water partition coefficient (Wildman–Crippen LogP) is 3.94. The highest BCUT2D eigenvalue weighted by Crippen LogP contribution is 2.34. The Morgan fingerprint density at radius 2 is 2.22 bits per heavy atom. The summed E-state index contributed by atoms with van der Waals surface area (Å²) < 4.78 is 14.6. The Labute approximate surface area is 122 Å². The number of alkyl halides is 1. The lowest BCUT2D eigenvalue weighted by Crippen LogP contribution is -2.38. The maximum Gasteiger partial charge on any atom is 0.241 e. The summed E-state index contributed by atoms with van der Waals surface area (Å²) in [5, 5.41) is 0. The molecule has 1 aliphatic rings. The molecule has 2 nitrogen and oxygen atoms in total. The van der Waals surface area contributed by atoms with Crippen LogP contribution in [0, 0.1) is 5.82 Å². The van der Waals surface area contributed by atoms with Crippen LogP contribution in [0.5, 0.6) is 0 Å². The van der Waals surface area contributed by atoms with E-state index < -0.39 is 0 Å². The molecule has 2 rings (SSSR count). The lowest BCUT2D eigenvalue weighted by molar-refractivity contribution is -0.127. The monoisotopic (exact) mass is 375 g/mol. The van der Waals surface area contributed by atoms with Crippen LogP contribution in [-0.4, -0.2) is 22.2 Å². The van der Waals surface area contributed by atoms with Crippen LogP contribution in [0.1, 0.15) is 18.9 Å². The zero-order valence-corrected chi connectivity index (χ0v) is 13.0. The number of allylic oxidation sites excluding steroid dienone is 1. The lowest BCUT2D eigenvalue weighted by Gasteiger charge is -2.31. The van der Waals surface area contributed by atoms with Crippen molar-refractivity contribution in [2.45, 2.75) is 18.2 Å². The number of rotatable bonds is 2. The second kappa shape index (κ2) is 5.53. The van der Waals surface area contributed by atoms with Crippen molar-refractivity contribution in [3.05, 3.63) is 40.1 Å². The summed E-state index contributed by atoms with van der Waals surface area (Å²) in [6, 6.07) is 4.81. The van der Waals surface area contributed by atoms with E-state index in [4.69, 9.17) is 0 Å². The van der Waals surface area contributed by atoms with E-state index >= 15 is 0 Å². The van der Waals surface area contributed by atoms with Crippen molar-refractivity contribution in [3.63, 3.8) is 0 Å². The number of hydrogen-bond acceptors (Lipinski definition) is 1. The fourth-order valence-electron chi connectivity index (χ4n) is 2.02. The van der Waals surface area contributed by atoms with E-state index in [1.54, 1.807) is 17.0 Å². The molecule has 5 heteroatoms. The van der Waals surface area contributed by atoms with Crippen LogP contribution < -0.4 is 0 Å². The van der Waals surface area contributed by atoms with Crippen LogP contribution in [-0.2, 0) is 4.79 Å². The fourth-order valence-corrected chi connectivity index (χ4v) is 3.00. The second-order valence-electron chi connectivity index (χ2n) is 3.97. The van der Waals surface area contributed by atoms with Gasteiger partial charge in [0.25, 0.3) is 0 Å². The van der Waals surface area contributed by atoms with E-state index in [-0.39, 0.29) is 16.6 Å². The van der Waals surface area contributed by atoms with Crippen molar-refractivity contribution in [1.82, 2.24) is 4.90 Å². The first-order valence-corrected chi connectivity index (χ1v) is 7.37. The zero-order chi connectivity index (χ0) is 13.3. The summed E-state index contributed by atoms with van der Waals surface area (Å²) in [6.45, 7) is 2.40. The summed E-state index contributed by atoms with van der Waals surface area (Å²) in [5.74, 6) is -0.347. The largest absolute Gasteiger partial charge is 0.311 e. The molecule has 1 amide bonds. The average molecular weight is 377 g/mol. The van der Waals surface area contributed by atoms with Gasteiger partial charge in [0.15, 0.2) is 0 Å². The van der Waals surface area contributed by atoms with Gasteiger partial charge in [-0.25, -0.2) is 4.39 Å². The number of carbonyl (C=O) groups is 1. The van der Waals surface area contributed by atoms with Gasteiger partial charge >= 0.3 is 0 Å². The van der Waals surface area contributed by atoms with Crippen molar-refractivity contribution in [3.8, 4) is 0 Å². The Bertz CT molecular complexity index is 495. The van der Waals surface area contributed by atoms with Crippen molar-refractivity contribution < 1.29 is 9.18 Å². The molecule has 0 saturated heterocycles. The van der Waals surface area contributed by atoms with Crippen LogP contribution >= 0.6 is 31.9 Å². The van der Waals surface area contributed by atoms with Crippen molar-refractivity contribution in [2.24, 2.45) is 0 Å². The number of halogens is 3. The normalized spacial score (nSPS) is 20.0. The van der Waals surface area contributed by atoms with E-state index in [1.807, 2.05) is 13.0 Å². The van der Waals surface area contributed by atoms with Gasteiger partial charge in [-0.1, -0.05) is 28.1 Å². The topological polar surface area (TPSA) is 20.3 Å². The molecule has 1 atom stereocenters. The molecule has 0 bridgehead atoms. The molecular weight excluding hydrogens is 365 g/mol. The van der Waals surface area contributed by atoms with Crippen LogP contribution in [0.3, 0.4) is 0 Å². The van der Waals surface area contributed by atoms with Gasteiger partial charge in [0.2, 0.25) is 5.91 Å².